The molecular formula is C19H25ClN2O2S2. The maximum Gasteiger partial charge on any atom is 0.322 e. The Morgan fingerprint density at radius 3 is 2.58 bits per heavy atom. The first-order chi connectivity index (χ1) is 12.2. The lowest BCUT2D eigenvalue weighted by Gasteiger charge is -2.21. The van der Waals surface area contributed by atoms with Crippen LogP contribution in [0.15, 0.2) is 36.4 Å². The zero-order valence-corrected chi connectivity index (χ0v) is 17.9. The zero-order valence-electron chi connectivity index (χ0n) is 15.5. The molecule has 0 fully saturated rings. The highest BCUT2D eigenvalue weighted by Gasteiger charge is 2.20. The van der Waals surface area contributed by atoms with Gasteiger partial charge in [0.15, 0.2) is 0 Å². The maximum atomic E-state index is 12.6. The lowest BCUT2D eigenvalue weighted by molar-refractivity contribution is 0.212. The lowest BCUT2D eigenvalue weighted by Crippen LogP contribution is -2.34. The van der Waals surface area contributed by atoms with Gasteiger partial charge in [0.05, 0.1) is 10.9 Å². The topological polar surface area (TPSA) is 49.4 Å². The van der Waals surface area contributed by atoms with Gasteiger partial charge in [-0.1, -0.05) is 23.7 Å². The van der Waals surface area contributed by atoms with Crippen LogP contribution >= 0.6 is 22.9 Å². The number of anilines is 1. The van der Waals surface area contributed by atoms with Gasteiger partial charge >= 0.3 is 6.03 Å². The number of amides is 2. The van der Waals surface area contributed by atoms with Crippen LogP contribution in [0, 0.1) is 0 Å². The van der Waals surface area contributed by atoms with E-state index in [1.807, 2.05) is 64.1 Å². The van der Waals surface area contributed by atoms with Crippen LogP contribution in [0.3, 0.4) is 0 Å². The monoisotopic (exact) mass is 412 g/mol. The van der Waals surface area contributed by atoms with Gasteiger partial charge in [-0.3, -0.25) is 4.21 Å². The molecular weight excluding hydrogens is 388 g/mol. The Balaban J connectivity index is 2.03. The Bertz CT molecular complexity index is 784. The van der Waals surface area contributed by atoms with E-state index in [0.29, 0.717) is 24.5 Å². The second-order valence-electron chi connectivity index (χ2n) is 6.95. The lowest BCUT2D eigenvalue weighted by atomic mass is 10.2. The first-order valence-electron chi connectivity index (χ1n) is 8.46. The van der Waals surface area contributed by atoms with Crippen molar-refractivity contribution in [3.63, 3.8) is 0 Å². The fraction of sp³-hybridized carbons (Fsp3) is 0.421. The predicted octanol–water partition coefficient (Wildman–Crippen LogP) is 5.50. The Kier molecular flexibility index (Phi) is 7.26. The van der Waals surface area contributed by atoms with Crippen molar-refractivity contribution in [2.24, 2.45) is 0 Å². The number of carbonyl (C=O) groups excluding carboxylic acids is 1. The average Bonchev–Trinajstić information content (AvgIpc) is 2.97. The number of benzene rings is 1. The Labute approximate surface area is 167 Å². The van der Waals surface area contributed by atoms with E-state index in [4.69, 9.17) is 11.6 Å². The normalized spacial score (nSPS) is 12.7. The molecule has 7 heteroatoms. The number of nitrogens with zero attached hydrogens (tertiary/aromatic N) is 1. The molecule has 2 rings (SSSR count). The summed E-state index contributed by atoms with van der Waals surface area (Å²) in [5.74, 6) is 0.471. The first-order valence-corrected chi connectivity index (χ1v) is 11.0. The highest BCUT2D eigenvalue weighted by molar-refractivity contribution is 7.85. The molecule has 1 heterocycles. The highest BCUT2D eigenvalue weighted by atomic mass is 35.5. The number of thiophene rings is 1. The van der Waals surface area contributed by atoms with Gasteiger partial charge < -0.3 is 10.2 Å². The summed E-state index contributed by atoms with van der Waals surface area (Å²) in [6.07, 6.45) is 0. The molecule has 1 aromatic carbocycles. The predicted molar refractivity (Wildman–Crippen MR) is 112 cm³/mol. The van der Waals surface area contributed by atoms with Crippen molar-refractivity contribution < 1.29 is 9.00 Å². The molecule has 1 N–H and O–H groups in total. The SMILES string of the molecule is CCN(Cc1ccc(Cl)s1)C(=O)Nc1cccc(CS(=O)C(C)(C)C)c1. The molecule has 4 nitrogen and oxygen atoms in total. The Hall–Kier alpha value is -1.37. The Morgan fingerprint density at radius 1 is 1.27 bits per heavy atom. The third-order valence-corrected chi connectivity index (χ3v) is 6.98. The van der Waals surface area contributed by atoms with E-state index in [1.165, 1.54) is 11.3 Å². The number of rotatable bonds is 6. The summed E-state index contributed by atoms with van der Waals surface area (Å²) in [6.45, 7) is 8.94. The van der Waals surface area contributed by atoms with E-state index in [1.54, 1.807) is 4.90 Å². The molecule has 1 aromatic heterocycles. The molecule has 0 radical (unpaired) electrons. The van der Waals surface area contributed by atoms with Crippen LogP contribution in [0.5, 0.6) is 0 Å². The molecule has 0 aliphatic heterocycles. The van der Waals surface area contributed by atoms with Gasteiger partial charge in [0.1, 0.15) is 0 Å². The van der Waals surface area contributed by atoms with E-state index in [9.17, 15) is 9.00 Å². The van der Waals surface area contributed by atoms with Crippen LogP contribution in [-0.4, -0.2) is 26.4 Å². The number of urea groups is 1. The van der Waals surface area contributed by atoms with Crippen molar-refractivity contribution in [1.29, 1.82) is 0 Å². The van der Waals surface area contributed by atoms with Gasteiger partial charge in [0.2, 0.25) is 0 Å². The fourth-order valence-corrected chi connectivity index (χ4v) is 4.28. The second kappa shape index (κ2) is 9.02. The highest BCUT2D eigenvalue weighted by Crippen LogP contribution is 2.23. The molecule has 0 spiro atoms. The van der Waals surface area contributed by atoms with Gasteiger partial charge in [-0.2, -0.15) is 0 Å². The fourth-order valence-electron chi connectivity index (χ4n) is 2.26. The summed E-state index contributed by atoms with van der Waals surface area (Å²) in [7, 11) is -0.978. The van der Waals surface area contributed by atoms with E-state index >= 15 is 0 Å². The van der Waals surface area contributed by atoms with Crippen molar-refractivity contribution in [3.8, 4) is 0 Å². The molecule has 1 unspecified atom stereocenters. The first kappa shape index (κ1) is 20.9. The average molecular weight is 413 g/mol. The minimum atomic E-state index is -0.978. The van der Waals surface area contributed by atoms with Crippen molar-refractivity contribution in [3.05, 3.63) is 51.2 Å². The van der Waals surface area contributed by atoms with E-state index in [-0.39, 0.29) is 10.8 Å². The van der Waals surface area contributed by atoms with E-state index < -0.39 is 10.8 Å². The summed E-state index contributed by atoms with van der Waals surface area (Å²) in [5, 5.41) is 2.93. The third kappa shape index (κ3) is 6.11. The van der Waals surface area contributed by atoms with Crippen molar-refractivity contribution in [1.82, 2.24) is 4.90 Å². The second-order valence-corrected chi connectivity index (χ2v) is 11.0. The van der Waals surface area contributed by atoms with Crippen LogP contribution in [0.2, 0.25) is 4.34 Å². The summed E-state index contributed by atoms with van der Waals surface area (Å²) in [4.78, 5) is 15.3. The number of hydrogen-bond acceptors (Lipinski definition) is 3. The minimum Gasteiger partial charge on any atom is -0.320 e. The third-order valence-electron chi connectivity index (χ3n) is 3.80. The van der Waals surface area contributed by atoms with Crippen molar-refractivity contribution in [2.75, 3.05) is 11.9 Å². The van der Waals surface area contributed by atoms with Crippen molar-refractivity contribution in [2.45, 2.75) is 44.7 Å². The molecule has 0 aliphatic rings. The largest absolute Gasteiger partial charge is 0.322 e. The maximum absolute atomic E-state index is 12.6. The summed E-state index contributed by atoms with van der Waals surface area (Å²) in [6, 6.07) is 11.2. The van der Waals surface area contributed by atoms with Crippen LogP contribution in [0.4, 0.5) is 10.5 Å². The molecule has 1 atom stereocenters. The van der Waals surface area contributed by atoms with Gasteiger partial charge in [0, 0.05) is 38.4 Å². The number of halogens is 1. The summed E-state index contributed by atoms with van der Waals surface area (Å²) in [5.41, 5.74) is 1.66. The molecule has 142 valence electrons. The van der Waals surface area contributed by atoms with Gasteiger partial charge in [-0.05, 0) is 57.5 Å². The quantitative estimate of drug-likeness (QED) is 0.680. The molecule has 0 aliphatic carbocycles. The Morgan fingerprint density at radius 2 is 2.00 bits per heavy atom. The molecule has 0 saturated heterocycles. The molecule has 0 bridgehead atoms. The summed E-state index contributed by atoms with van der Waals surface area (Å²) < 4.78 is 12.8. The van der Waals surface area contributed by atoms with E-state index in [2.05, 4.69) is 5.32 Å². The smallest absolute Gasteiger partial charge is 0.320 e. The zero-order chi connectivity index (χ0) is 19.3. The summed E-state index contributed by atoms with van der Waals surface area (Å²) >= 11 is 7.44. The molecule has 2 aromatic rings. The molecule has 0 saturated carbocycles. The number of nitrogens with one attached hydrogen (secondary N) is 1. The van der Waals surface area contributed by atoms with E-state index in [0.717, 1.165) is 14.8 Å². The molecule has 2 amide bonds. The van der Waals surface area contributed by atoms with Gasteiger partial charge in [-0.25, -0.2) is 4.79 Å². The van der Waals surface area contributed by atoms with Crippen LogP contribution < -0.4 is 5.32 Å². The van der Waals surface area contributed by atoms with Crippen molar-refractivity contribution >= 4 is 45.5 Å². The van der Waals surface area contributed by atoms with Crippen LogP contribution in [-0.2, 0) is 23.1 Å². The minimum absolute atomic E-state index is 0.161. The number of hydrogen-bond donors (Lipinski definition) is 1. The standard InChI is InChI=1S/C19H25ClN2O2S2/c1-5-22(12-16-9-10-17(20)25-16)18(23)21-15-8-6-7-14(11-15)13-26(24)19(2,3)4/h6-11H,5,12-13H2,1-4H3,(H,21,23). The van der Waals surface area contributed by atoms with Crippen LogP contribution in [0.1, 0.15) is 38.1 Å². The van der Waals surface area contributed by atoms with Crippen LogP contribution in [0.25, 0.3) is 0 Å². The van der Waals surface area contributed by atoms with Gasteiger partial charge in [-0.15, -0.1) is 11.3 Å². The van der Waals surface area contributed by atoms with Gasteiger partial charge in [0.25, 0.3) is 0 Å². The number of carbonyl (C=O) groups is 1. The molecule has 26 heavy (non-hydrogen) atoms.